The number of carbonyl (C=O) groups excluding carboxylic acids is 3. The number of anilines is 1. The van der Waals surface area contributed by atoms with Gasteiger partial charge in [0.15, 0.2) is 18.1 Å². The highest BCUT2D eigenvalue weighted by Crippen LogP contribution is 2.36. The third-order valence-electron chi connectivity index (χ3n) is 5.28. The minimum absolute atomic E-state index is 0.201. The Morgan fingerprint density at radius 1 is 1.18 bits per heavy atom. The molecule has 1 heterocycles. The first-order valence-corrected chi connectivity index (χ1v) is 10.9. The van der Waals surface area contributed by atoms with Gasteiger partial charge < -0.3 is 29.7 Å². The second-order valence-corrected chi connectivity index (χ2v) is 7.80. The van der Waals surface area contributed by atoms with E-state index in [0.29, 0.717) is 39.0 Å². The average Bonchev–Trinajstić information content (AvgIpc) is 2.82. The maximum Gasteiger partial charge on any atom is 0.338 e. The van der Waals surface area contributed by atoms with Crippen LogP contribution in [-0.2, 0) is 14.3 Å². The van der Waals surface area contributed by atoms with E-state index in [9.17, 15) is 14.4 Å². The lowest BCUT2D eigenvalue weighted by molar-refractivity contribution is -0.139. The minimum atomic E-state index is -0.741. The molecule has 0 radical (unpaired) electrons. The van der Waals surface area contributed by atoms with Crippen LogP contribution in [0, 0.1) is 0 Å². The van der Waals surface area contributed by atoms with E-state index in [0.717, 1.165) is 0 Å². The standard InChI is InChI=1S/C24H26ClN3O6/c1-5-33-23(30)21-14(2)28(3)24(31)27-22(21)15-10-11-18(19(12-15)32-4)34-13-20(29)26-17-9-7-6-8-16(17)25/h6-12,22H,5,13H2,1-4H3,(H,26,29)(H,27,31)/t22-/m0/s1. The van der Waals surface area contributed by atoms with Crippen LogP contribution >= 0.6 is 11.6 Å². The lowest BCUT2D eigenvalue weighted by atomic mass is 9.94. The van der Waals surface area contributed by atoms with E-state index in [1.807, 2.05) is 0 Å². The molecule has 0 aliphatic carbocycles. The minimum Gasteiger partial charge on any atom is -0.493 e. The second kappa shape index (κ2) is 10.9. The van der Waals surface area contributed by atoms with Crippen molar-refractivity contribution in [3.8, 4) is 11.5 Å². The first kappa shape index (κ1) is 24.9. The summed E-state index contributed by atoms with van der Waals surface area (Å²) in [5.74, 6) is -0.271. The molecule has 1 aliphatic rings. The van der Waals surface area contributed by atoms with Crippen molar-refractivity contribution in [1.82, 2.24) is 10.2 Å². The Hall–Kier alpha value is -3.72. The van der Waals surface area contributed by atoms with Crippen molar-refractivity contribution < 1.29 is 28.6 Å². The summed E-state index contributed by atoms with van der Waals surface area (Å²) in [4.78, 5) is 38.7. The molecule has 9 nitrogen and oxygen atoms in total. The summed E-state index contributed by atoms with van der Waals surface area (Å²) >= 11 is 6.06. The van der Waals surface area contributed by atoms with Crippen molar-refractivity contribution in [3.63, 3.8) is 0 Å². The van der Waals surface area contributed by atoms with Gasteiger partial charge in [-0.2, -0.15) is 0 Å². The lowest BCUT2D eigenvalue weighted by Crippen LogP contribution is -2.46. The van der Waals surface area contributed by atoms with E-state index in [1.165, 1.54) is 12.0 Å². The number of allylic oxidation sites excluding steroid dienone is 1. The summed E-state index contributed by atoms with van der Waals surface area (Å²) in [6.07, 6.45) is 0. The molecule has 3 rings (SSSR count). The van der Waals surface area contributed by atoms with Gasteiger partial charge in [0.05, 0.1) is 36.0 Å². The van der Waals surface area contributed by atoms with Gasteiger partial charge in [0.1, 0.15) is 0 Å². The molecule has 1 aliphatic heterocycles. The van der Waals surface area contributed by atoms with Gasteiger partial charge in [-0.1, -0.05) is 29.8 Å². The van der Waals surface area contributed by atoms with Crippen LogP contribution in [0.5, 0.6) is 11.5 Å². The molecule has 2 aromatic rings. The molecule has 0 fully saturated rings. The monoisotopic (exact) mass is 487 g/mol. The average molecular weight is 488 g/mol. The summed E-state index contributed by atoms with van der Waals surface area (Å²) in [5, 5.41) is 5.91. The van der Waals surface area contributed by atoms with E-state index < -0.39 is 17.9 Å². The van der Waals surface area contributed by atoms with Gasteiger partial charge in [0.2, 0.25) is 0 Å². The SMILES string of the molecule is CCOC(=O)C1=C(C)N(C)C(=O)N[C@H]1c1ccc(OCC(=O)Nc2ccccc2Cl)c(OC)c1. The van der Waals surface area contributed by atoms with E-state index in [4.69, 9.17) is 25.8 Å². The highest BCUT2D eigenvalue weighted by molar-refractivity contribution is 6.33. The number of nitrogens with one attached hydrogen (secondary N) is 2. The van der Waals surface area contributed by atoms with Crippen molar-refractivity contribution >= 4 is 35.2 Å². The normalized spacial score (nSPS) is 15.5. The van der Waals surface area contributed by atoms with E-state index in [1.54, 1.807) is 63.4 Å². The zero-order valence-corrected chi connectivity index (χ0v) is 20.1. The fourth-order valence-electron chi connectivity index (χ4n) is 3.43. The third-order valence-corrected chi connectivity index (χ3v) is 5.61. The van der Waals surface area contributed by atoms with Crippen molar-refractivity contribution in [1.29, 1.82) is 0 Å². The van der Waals surface area contributed by atoms with Crippen LogP contribution in [0.25, 0.3) is 0 Å². The fourth-order valence-corrected chi connectivity index (χ4v) is 3.62. The molecule has 0 spiro atoms. The molecule has 0 saturated heterocycles. The predicted octanol–water partition coefficient (Wildman–Crippen LogP) is 3.90. The third kappa shape index (κ3) is 5.43. The number of urea groups is 1. The Balaban J connectivity index is 1.81. The van der Waals surface area contributed by atoms with Gasteiger partial charge in [0.25, 0.3) is 5.91 Å². The Morgan fingerprint density at radius 3 is 2.59 bits per heavy atom. The fraction of sp³-hybridized carbons (Fsp3) is 0.292. The zero-order valence-electron chi connectivity index (χ0n) is 19.3. The van der Waals surface area contributed by atoms with Gasteiger partial charge in [-0.05, 0) is 43.7 Å². The zero-order chi connectivity index (χ0) is 24.8. The number of ether oxygens (including phenoxy) is 3. The summed E-state index contributed by atoms with van der Waals surface area (Å²) in [7, 11) is 3.03. The van der Waals surface area contributed by atoms with E-state index >= 15 is 0 Å². The Morgan fingerprint density at radius 2 is 1.91 bits per heavy atom. The summed E-state index contributed by atoms with van der Waals surface area (Å²) < 4.78 is 16.3. The first-order valence-electron chi connectivity index (χ1n) is 10.5. The van der Waals surface area contributed by atoms with Crippen molar-refractivity contribution in [3.05, 3.63) is 64.3 Å². The topological polar surface area (TPSA) is 106 Å². The number of esters is 1. The summed E-state index contributed by atoms with van der Waals surface area (Å²) in [6, 6.07) is 10.7. The molecule has 0 bridgehead atoms. The molecule has 2 aromatic carbocycles. The van der Waals surface area contributed by atoms with Crippen LogP contribution < -0.4 is 20.1 Å². The molecule has 10 heteroatoms. The largest absolute Gasteiger partial charge is 0.493 e. The van der Waals surface area contributed by atoms with Gasteiger partial charge in [0, 0.05) is 12.7 Å². The van der Waals surface area contributed by atoms with E-state index in [-0.39, 0.29) is 19.2 Å². The molecule has 1 atom stereocenters. The smallest absolute Gasteiger partial charge is 0.338 e. The van der Waals surface area contributed by atoms with Gasteiger partial charge in [-0.25, -0.2) is 9.59 Å². The molecule has 3 amide bonds. The van der Waals surface area contributed by atoms with Crippen LogP contribution in [0.3, 0.4) is 0 Å². The first-order chi connectivity index (χ1) is 16.3. The molecule has 180 valence electrons. The lowest BCUT2D eigenvalue weighted by Gasteiger charge is -2.33. The number of nitrogens with zero attached hydrogens (tertiary/aromatic N) is 1. The predicted molar refractivity (Wildman–Crippen MR) is 127 cm³/mol. The molecule has 2 N–H and O–H groups in total. The molecular weight excluding hydrogens is 462 g/mol. The highest BCUT2D eigenvalue weighted by Gasteiger charge is 2.35. The van der Waals surface area contributed by atoms with Crippen LogP contribution in [0.2, 0.25) is 5.02 Å². The maximum atomic E-state index is 12.6. The maximum absolute atomic E-state index is 12.6. The van der Waals surface area contributed by atoms with Crippen LogP contribution in [-0.4, -0.2) is 50.2 Å². The second-order valence-electron chi connectivity index (χ2n) is 7.39. The molecular formula is C24H26ClN3O6. The van der Waals surface area contributed by atoms with Crippen LogP contribution in [0.15, 0.2) is 53.7 Å². The van der Waals surface area contributed by atoms with Crippen LogP contribution in [0.1, 0.15) is 25.5 Å². The number of hydrogen-bond acceptors (Lipinski definition) is 6. The highest BCUT2D eigenvalue weighted by atomic mass is 35.5. The Labute approximate surface area is 202 Å². The Bertz CT molecular complexity index is 1130. The number of rotatable bonds is 8. The van der Waals surface area contributed by atoms with Gasteiger partial charge in [-0.15, -0.1) is 0 Å². The molecule has 34 heavy (non-hydrogen) atoms. The van der Waals surface area contributed by atoms with Gasteiger partial charge >= 0.3 is 12.0 Å². The Kier molecular flexibility index (Phi) is 8.01. The number of methoxy groups -OCH3 is 1. The van der Waals surface area contributed by atoms with Crippen molar-refractivity contribution in [2.24, 2.45) is 0 Å². The summed E-state index contributed by atoms with van der Waals surface area (Å²) in [5.41, 5.74) is 1.88. The number of amides is 3. The molecule has 0 saturated carbocycles. The van der Waals surface area contributed by atoms with Gasteiger partial charge in [-0.3, -0.25) is 4.79 Å². The number of hydrogen-bond donors (Lipinski definition) is 2. The quantitative estimate of drug-likeness (QED) is 0.547. The summed E-state index contributed by atoms with van der Waals surface area (Å²) in [6.45, 7) is 3.32. The van der Waals surface area contributed by atoms with Crippen LogP contribution in [0.4, 0.5) is 10.5 Å². The number of benzene rings is 2. The number of halogens is 1. The van der Waals surface area contributed by atoms with Crippen molar-refractivity contribution in [2.45, 2.75) is 19.9 Å². The molecule has 0 unspecified atom stereocenters. The molecule has 0 aromatic heterocycles. The number of para-hydroxylation sites is 1. The van der Waals surface area contributed by atoms with E-state index in [2.05, 4.69) is 10.6 Å². The number of carbonyl (C=O) groups is 3. The van der Waals surface area contributed by atoms with Crippen molar-refractivity contribution in [2.75, 3.05) is 32.7 Å².